The van der Waals surface area contributed by atoms with E-state index in [-0.39, 0.29) is 11.5 Å². The summed E-state index contributed by atoms with van der Waals surface area (Å²) in [6.07, 6.45) is 0.728. The quantitative estimate of drug-likeness (QED) is 0.609. The first-order valence-corrected chi connectivity index (χ1v) is 9.86. The minimum Gasteiger partial charge on any atom is -0.452 e. The Hall–Kier alpha value is -2.72. The Kier molecular flexibility index (Phi) is 7.50. The number of amides is 4. The highest BCUT2D eigenvalue weighted by Crippen LogP contribution is 2.38. The minimum absolute atomic E-state index is 0.181. The Morgan fingerprint density at radius 1 is 1.19 bits per heavy atom. The summed E-state index contributed by atoms with van der Waals surface area (Å²) < 4.78 is 5.04. The number of imide groups is 1. The number of ether oxygens (including phenoxy) is 1. The Balaban J connectivity index is 2.08. The molecule has 0 fully saturated rings. The molecule has 2 heterocycles. The average Bonchev–Trinajstić information content (AvgIpc) is 3.26. The van der Waals surface area contributed by atoms with Gasteiger partial charge in [0, 0.05) is 29.3 Å². The van der Waals surface area contributed by atoms with E-state index in [1.807, 2.05) is 24.4 Å². The molecule has 0 aromatic carbocycles. The highest BCUT2D eigenvalue weighted by atomic mass is 32.1. The number of rotatable bonds is 7. The van der Waals surface area contributed by atoms with Crippen molar-refractivity contribution < 1.29 is 23.9 Å². The highest BCUT2D eigenvalue weighted by Gasteiger charge is 2.23. The van der Waals surface area contributed by atoms with Crippen molar-refractivity contribution in [3.8, 4) is 10.4 Å². The van der Waals surface area contributed by atoms with E-state index in [0.717, 1.165) is 11.3 Å². The van der Waals surface area contributed by atoms with Gasteiger partial charge in [0.1, 0.15) is 10.6 Å². The topological polar surface area (TPSA) is 114 Å². The SMILES string of the molecule is CCCNC(=O)NC(=O)COC(=O)c1c(-c2cccs2)csc1NC(C)=O. The second kappa shape index (κ2) is 9.83. The smallest absolute Gasteiger partial charge is 0.342 e. The first kappa shape index (κ1) is 20.6. The summed E-state index contributed by atoms with van der Waals surface area (Å²) in [5, 5.41) is 11.1. The summed E-state index contributed by atoms with van der Waals surface area (Å²) in [4.78, 5) is 48.0. The van der Waals surface area contributed by atoms with E-state index in [1.54, 1.807) is 5.38 Å². The van der Waals surface area contributed by atoms with E-state index in [1.165, 1.54) is 29.6 Å². The van der Waals surface area contributed by atoms with Crippen molar-refractivity contribution in [2.24, 2.45) is 0 Å². The van der Waals surface area contributed by atoms with Crippen molar-refractivity contribution in [2.45, 2.75) is 20.3 Å². The maximum Gasteiger partial charge on any atom is 0.342 e. The third kappa shape index (κ3) is 5.90. The fourth-order valence-corrected chi connectivity index (χ4v) is 3.89. The van der Waals surface area contributed by atoms with Crippen LogP contribution in [0.2, 0.25) is 0 Å². The summed E-state index contributed by atoms with van der Waals surface area (Å²) in [7, 11) is 0. The standard InChI is InChI=1S/C17H19N3O5S2/c1-3-6-18-17(24)20-13(22)8-25-16(23)14-11(12-5-4-7-26-12)9-27-15(14)19-10(2)21/h4-5,7,9H,3,6,8H2,1-2H3,(H,19,21)(H2,18,20,22,24). The molecule has 8 nitrogen and oxygen atoms in total. The van der Waals surface area contributed by atoms with E-state index in [2.05, 4.69) is 16.0 Å². The van der Waals surface area contributed by atoms with Crippen LogP contribution in [0.4, 0.5) is 9.80 Å². The van der Waals surface area contributed by atoms with Gasteiger partial charge >= 0.3 is 12.0 Å². The zero-order valence-electron chi connectivity index (χ0n) is 14.8. The van der Waals surface area contributed by atoms with Gasteiger partial charge in [-0.25, -0.2) is 9.59 Å². The lowest BCUT2D eigenvalue weighted by molar-refractivity contribution is -0.123. The summed E-state index contributed by atoms with van der Waals surface area (Å²) in [5.41, 5.74) is 0.797. The van der Waals surface area contributed by atoms with Crippen molar-refractivity contribution >= 4 is 51.5 Å². The van der Waals surface area contributed by atoms with Gasteiger partial charge in [0.05, 0.1) is 0 Å². The molecule has 0 aliphatic rings. The molecule has 0 unspecified atom stereocenters. The van der Waals surface area contributed by atoms with Gasteiger partial charge < -0.3 is 15.4 Å². The van der Waals surface area contributed by atoms with Crippen molar-refractivity contribution in [3.63, 3.8) is 0 Å². The van der Waals surface area contributed by atoms with Gasteiger partial charge in [-0.2, -0.15) is 0 Å². The summed E-state index contributed by atoms with van der Waals surface area (Å²) in [5.74, 6) is -1.83. The van der Waals surface area contributed by atoms with Crippen molar-refractivity contribution in [1.29, 1.82) is 0 Å². The van der Waals surface area contributed by atoms with Crippen molar-refractivity contribution in [3.05, 3.63) is 28.5 Å². The maximum absolute atomic E-state index is 12.5. The number of carbonyl (C=O) groups is 4. The number of carbonyl (C=O) groups excluding carboxylic acids is 4. The molecule has 0 aliphatic carbocycles. The van der Waals surface area contributed by atoms with E-state index in [9.17, 15) is 19.2 Å². The molecule has 0 bridgehead atoms. The molecule has 27 heavy (non-hydrogen) atoms. The molecular formula is C17H19N3O5S2. The molecule has 0 radical (unpaired) electrons. The van der Waals surface area contributed by atoms with Crippen LogP contribution in [0.5, 0.6) is 0 Å². The zero-order valence-corrected chi connectivity index (χ0v) is 16.4. The van der Waals surface area contributed by atoms with Crippen LogP contribution in [0.25, 0.3) is 10.4 Å². The van der Waals surface area contributed by atoms with Gasteiger partial charge in [0.2, 0.25) is 5.91 Å². The average molecular weight is 409 g/mol. The third-order valence-electron chi connectivity index (χ3n) is 3.19. The number of anilines is 1. The third-order valence-corrected chi connectivity index (χ3v) is 4.99. The molecule has 0 aliphatic heterocycles. The van der Waals surface area contributed by atoms with Crippen LogP contribution in [0.1, 0.15) is 30.6 Å². The summed E-state index contributed by atoms with van der Waals surface area (Å²) in [6, 6.07) is 3.03. The number of urea groups is 1. The van der Waals surface area contributed by atoms with Crippen LogP contribution in [0, 0.1) is 0 Å². The second-order valence-corrected chi connectivity index (χ2v) is 7.22. The molecule has 0 spiro atoms. The minimum atomic E-state index is -0.757. The molecule has 2 aromatic rings. The second-order valence-electron chi connectivity index (χ2n) is 5.39. The van der Waals surface area contributed by atoms with Crippen LogP contribution in [0.15, 0.2) is 22.9 Å². The Morgan fingerprint density at radius 2 is 1.96 bits per heavy atom. The molecule has 0 saturated carbocycles. The largest absolute Gasteiger partial charge is 0.452 e. The Bertz CT molecular complexity index is 830. The zero-order chi connectivity index (χ0) is 19.8. The fraction of sp³-hybridized carbons (Fsp3) is 0.294. The predicted molar refractivity (Wildman–Crippen MR) is 104 cm³/mol. The van der Waals surface area contributed by atoms with Gasteiger partial charge in [-0.1, -0.05) is 13.0 Å². The molecule has 144 valence electrons. The van der Waals surface area contributed by atoms with E-state index < -0.39 is 24.5 Å². The monoisotopic (exact) mass is 409 g/mol. The van der Waals surface area contributed by atoms with E-state index in [4.69, 9.17) is 4.74 Å². The van der Waals surface area contributed by atoms with E-state index in [0.29, 0.717) is 17.1 Å². The fourth-order valence-electron chi connectivity index (χ4n) is 2.07. The molecule has 2 rings (SSSR count). The predicted octanol–water partition coefficient (Wildman–Crippen LogP) is 2.83. The van der Waals surface area contributed by atoms with Gasteiger partial charge in [0.15, 0.2) is 6.61 Å². The van der Waals surface area contributed by atoms with Crippen LogP contribution in [-0.2, 0) is 14.3 Å². The van der Waals surface area contributed by atoms with Crippen LogP contribution in [-0.4, -0.2) is 37.0 Å². The Labute approximate surface area is 163 Å². The van der Waals surface area contributed by atoms with Gasteiger partial charge in [-0.3, -0.25) is 14.9 Å². The van der Waals surface area contributed by atoms with Gasteiger partial charge in [0.25, 0.3) is 5.91 Å². The molecule has 3 N–H and O–H groups in total. The molecular weight excluding hydrogens is 390 g/mol. The normalized spacial score (nSPS) is 10.1. The number of hydrogen-bond donors (Lipinski definition) is 3. The molecule has 4 amide bonds. The van der Waals surface area contributed by atoms with Crippen molar-refractivity contribution in [2.75, 3.05) is 18.5 Å². The van der Waals surface area contributed by atoms with Gasteiger partial charge in [-0.15, -0.1) is 22.7 Å². The number of nitrogens with one attached hydrogen (secondary N) is 3. The lowest BCUT2D eigenvalue weighted by Crippen LogP contribution is -2.41. The number of esters is 1. The lowest BCUT2D eigenvalue weighted by Gasteiger charge is -2.09. The van der Waals surface area contributed by atoms with Crippen LogP contribution >= 0.6 is 22.7 Å². The molecule has 2 aromatic heterocycles. The van der Waals surface area contributed by atoms with Crippen molar-refractivity contribution in [1.82, 2.24) is 10.6 Å². The highest BCUT2D eigenvalue weighted by molar-refractivity contribution is 7.17. The van der Waals surface area contributed by atoms with E-state index >= 15 is 0 Å². The molecule has 10 heteroatoms. The Morgan fingerprint density at radius 3 is 2.59 bits per heavy atom. The first-order chi connectivity index (χ1) is 12.9. The van der Waals surface area contributed by atoms with Gasteiger partial charge in [-0.05, 0) is 17.9 Å². The summed E-state index contributed by atoms with van der Waals surface area (Å²) >= 11 is 2.63. The first-order valence-electron chi connectivity index (χ1n) is 8.10. The number of thiophene rings is 2. The summed E-state index contributed by atoms with van der Waals surface area (Å²) in [6.45, 7) is 3.03. The number of hydrogen-bond acceptors (Lipinski definition) is 7. The maximum atomic E-state index is 12.5. The van der Waals surface area contributed by atoms with Crippen LogP contribution < -0.4 is 16.0 Å². The molecule has 0 saturated heterocycles. The molecule has 0 atom stereocenters. The van der Waals surface area contributed by atoms with Crippen LogP contribution in [0.3, 0.4) is 0 Å². The lowest BCUT2D eigenvalue weighted by atomic mass is 10.1.